The molecule has 1 aliphatic carbocycles. The molecule has 1 aliphatic heterocycles. The van der Waals surface area contributed by atoms with Gasteiger partial charge in [0, 0.05) is 31.2 Å². The molecular formula is C18H22N6O. The molecule has 7 nitrogen and oxygen atoms in total. The summed E-state index contributed by atoms with van der Waals surface area (Å²) in [6, 6.07) is 4.28. The molecule has 2 fully saturated rings. The number of anilines is 1. The molecule has 0 N–H and O–H groups in total. The van der Waals surface area contributed by atoms with Gasteiger partial charge in [-0.3, -0.25) is 4.90 Å². The number of rotatable bonds is 3. The van der Waals surface area contributed by atoms with Crippen LogP contribution in [0.4, 0.5) is 5.82 Å². The fourth-order valence-corrected chi connectivity index (χ4v) is 3.41. The van der Waals surface area contributed by atoms with Crippen molar-refractivity contribution < 1.29 is 4.52 Å². The van der Waals surface area contributed by atoms with Crippen LogP contribution in [0.25, 0.3) is 0 Å². The van der Waals surface area contributed by atoms with Crippen LogP contribution in [-0.2, 0) is 0 Å². The van der Waals surface area contributed by atoms with Crippen LogP contribution in [0.3, 0.4) is 0 Å². The number of hydrogen-bond donors (Lipinski definition) is 0. The minimum atomic E-state index is 0.0166. The predicted molar refractivity (Wildman–Crippen MR) is 92.3 cm³/mol. The molecule has 0 bridgehead atoms. The van der Waals surface area contributed by atoms with Crippen molar-refractivity contribution in [3.8, 4) is 6.07 Å². The van der Waals surface area contributed by atoms with Crippen LogP contribution >= 0.6 is 0 Å². The van der Waals surface area contributed by atoms with Gasteiger partial charge in [0.1, 0.15) is 17.9 Å². The Bertz CT molecular complexity index is 835. The lowest BCUT2D eigenvalue weighted by molar-refractivity contribution is 0.177. The summed E-state index contributed by atoms with van der Waals surface area (Å²) < 4.78 is 5.55. The van der Waals surface area contributed by atoms with E-state index >= 15 is 0 Å². The third-order valence-corrected chi connectivity index (χ3v) is 5.07. The third kappa shape index (κ3) is 2.98. The van der Waals surface area contributed by atoms with Gasteiger partial charge < -0.3 is 9.42 Å². The summed E-state index contributed by atoms with van der Waals surface area (Å²) in [7, 11) is 2.07. The van der Waals surface area contributed by atoms with Gasteiger partial charge in [0.25, 0.3) is 0 Å². The molecule has 1 saturated heterocycles. The third-order valence-electron chi connectivity index (χ3n) is 5.07. The maximum absolute atomic E-state index is 9.56. The fourth-order valence-electron chi connectivity index (χ4n) is 3.41. The Morgan fingerprint density at radius 3 is 2.76 bits per heavy atom. The van der Waals surface area contributed by atoms with E-state index in [1.54, 1.807) is 0 Å². The molecule has 1 saturated carbocycles. The zero-order valence-electron chi connectivity index (χ0n) is 14.9. The van der Waals surface area contributed by atoms with Crippen LogP contribution in [0, 0.1) is 25.2 Å². The van der Waals surface area contributed by atoms with Gasteiger partial charge in [0.05, 0.1) is 5.56 Å². The van der Waals surface area contributed by atoms with Gasteiger partial charge in [-0.15, -0.1) is 0 Å². The standard InChI is InChI=1S/C18H22N6O/c1-11-8-12(2)20-17(14(11)9-19)24-7-6-23(3)15(10-24)18-21-16(22-25-18)13-4-5-13/h8,13,15H,4-7,10H2,1-3H3. The fraction of sp³-hybridized carbons (Fsp3) is 0.556. The number of aromatic nitrogens is 3. The first kappa shape index (κ1) is 16.0. The Kier molecular flexibility index (Phi) is 3.92. The summed E-state index contributed by atoms with van der Waals surface area (Å²) in [5.74, 6) is 2.74. The normalized spacial score (nSPS) is 21.4. The Balaban J connectivity index is 1.63. The summed E-state index contributed by atoms with van der Waals surface area (Å²) in [6.07, 6.45) is 2.31. The molecule has 0 amide bonds. The summed E-state index contributed by atoms with van der Waals surface area (Å²) in [5.41, 5.74) is 2.54. The highest BCUT2D eigenvalue weighted by Crippen LogP contribution is 2.39. The quantitative estimate of drug-likeness (QED) is 0.849. The highest BCUT2D eigenvalue weighted by atomic mass is 16.5. The van der Waals surface area contributed by atoms with E-state index in [2.05, 4.69) is 38.0 Å². The van der Waals surface area contributed by atoms with E-state index in [-0.39, 0.29) is 6.04 Å². The molecule has 3 heterocycles. The van der Waals surface area contributed by atoms with E-state index in [1.165, 1.54) is 0 Å². The first-order valence-electron chi connectivity index (χ1n) is 8.74. The summed E-state index contributed by atoms with van der Waals surface area (Å²) in [5, 5.41) is 13.7. The van der Waals surface area contributed by atoms with E-state index in [4.69, 9.17) is 4.52 Å². The molecule has 0 radical (unpaired) electrons. The van der Waals surface area contributed by atoms with Gasteiger partial charge in [-0.1, -0.05) is 5.16 Å². The lowest BCUT2D eigenvalue weighted by atomic mass is 10.1. The first-order chi connectivity index (χ1) is 12.1. The number of aryl methyl sites for hydroxylation is 2. The predicted octanol–water partition coefficient (Wildman–Crippen LogP) is 2.32. The van der Waals surface area contributed by atoms with E-state index in [0.717, 1.165) is 48.8 Å². The Morgan fingerprint density at radius 1 is 1.24 bits per heavy atom. The maximum Gasteiger partial charge on any atom is 0.245 e. The summed E-state index contributed by atoms with van der Waals surface area (Å²) in [6.45, 7) is 6.29. The average molecular weight is 338 g/mol. The first-order valence-corrected chi connectivity index (χ1v) is 8.74. The van der Waals surface area contributed by atoms with Crippen molar-refractivity contribution >= 4 is 5.82 Å². The highest BCUT2D eigenvalue weighted by Gasteiger charge is 2.34. The van der Waals surface area contributed by atoms with E-state index < -0.39 is 0 Å². The molecule has 1 atom stereocenters. The smallest absolute Gasteiger partial charge is 0.245 e. The zero-order valence-corrected chi connectivity index (χ0v) is 14.9. The van der Waals surface area contributed by atoms with Crippen LogP contribution in [0.5, 0.6) is 0 Å². The Hall–Kier alpha value is -2.46. The number of hydrogen-bond acceptors (Lipinski definition) is 7. The molecule has 2 aliphatic rings. The average Bonchev–Trinajstić information content (AvgIpc) is 3.32. The molecule has 2 aromatic heterocycles. The number of likely N-dealkylation sites (N-methyl/N-ethyl adjacent to an activating group) is 1. The Morgan fingerprint density at radius 2 is 2.04 bits per heavy atom. The van der Waals surface area contributed by atoms with Crippen LogP contribution in [0.2, 0.25) is 0 Å². The van der Waals surface area contributed by atoms with Gasteiger partial charge in [-0.2, -0.15) is 10.2 Å². The Labute approximate surface area is 147 Å². The van der Waals surface area contributed by atoms with E-state index in [0.29, 0.717) is 23.9 Å². The van der Waals surface area contributed by atoms with Gasteiger partial charge in [-0.05, 0) is 45.4 Å². The minimum Gasteiger partial charge on any atom is -0.352 e. The maximum atomic E-state index is 9.56. The summed E-state index contributed by atoms with van der Waals surface area (Å²) in [4.78, 5) is 13.7. The van der Waals surface area contributed by atoms with E-state index in [9.17, 15) is 5.26 Å². The van der Waals surface area contributed by atoms with Crippen LogP contribution in [0.15, 0.2) is 10.6 Å². The van der Waals surface area contributed by atoms with Gasteiger partial charge in [0.2, 0.25) is 5.89 Å². The molecule has 4 rings (SSSR count). The second-order valence-corrected chi connectivity index (χ2v) is 7.10. The summed E-state index contributed by atoms with van der Waals surface area (Å²) >= 11 is 0. The number of nitrogens with zero attached hydrogens (tertiary/aromatic N) is 6. The molecule has 2 aromatic rings. The van der Waals surface area contributed by atoms with Crippen molar-refractivity contribution in [2.24, 2.45) is 0 Å². The molecule has 130 valence electrons. The lowest BCUT2D eigenvalue weighted by Gasteiger charge is -2.38. The van der Waals surface area contributed by atoms with Crippen molar-refractivity contribution in [1.29, 1.82) is 5.26 Å². The van der Waals surface area contributed by atoms with Crippen LogP contribution in [-0.4, -0.2) is 46.7 Å². The zero-order chi connectivity index (χ0) is 17.6. The van der Waals surface area contributed by atoms with Gasteiger partial charge in [-0.25, -0.2) is 4.98 Å². The van der Waals surface area contributed by atoms with Crippen molar-refractivity contribution in [3.63, 3.8) is 0 Å². The van der Waals surface area contributed by atoms with Gasteiger partial charge >= 0.3 is 0 Å². The van der Waals surface area contributed by atoms with E-state index in [1.807, 2.05) is 19.9 Å². The number of pyridine rings is 1. The monoisotopic (exact) mass is 338 g/mol. The second kappa shape index (κ2) is 6.12. The lowest BCUT2D eigenvalue weighted by Crippen LogP contribution is -2.47. The molecular weight excluding hydrogens is 316 g/mol. The number of piperazine rings is 1. The molecule has 0 aromatic carbocycles. The van der Waals surface area contributed by atoms with Crippen molar-refractivity contribution in [1.82, 2.24) is 20.0 Å². The highest BCUT2D eigenvalue weighted by molar-refractivity contribution is 5.58. The van der Waals surface area contributed by atoms with Crippen LogP contribution in [0.1, 0.15) is 53.3 Å². The van der Waals surface area contributed by atoms with Gasteiger partial charge in [0.15, 0.2) is 5.82 Å². The SMILES string of the molecule is Cc1cc(C)c(C#N)c(N2CCN(C)C(c3nc(C4CC4)no3)C2)n1. The van der Waals surface area contributed by atoms with Crippen molar-refractivity contribution in [2.45, 2.75) is 38.6 Å². The minimum absolute atomic E-state index is 0.0166. The topological polar surface area (TPSA) is 82.1 Å². The molecule has 7 heteroatoms. The van der Waals surface area contributed by atoms with Crippen LogP contribution < -0.4 is 4.90 Å². The van der Waals surface area contributed by atoms with Crippen molar-refractivity contribution in [2.75, 3.05) is 31.6 Å². The molecule has 1 unspecified atom stereocenters. The second-order valence-electron chi connectivity index (χ2n) is 7.10. The molecule has 0 spiro atoms. The molecule has 25 heavy (non-hydrogen) atoms. The largest absolute Gasteiger partial charge is 0.352 e. The van der Waals surface area contributed by atoms with Crippen molar-refractivity contribution in [3.05, 3.63) is 34.6 Å². The number of nitriles is 1.